The van der Waals surface area contributed by atoms with Crippen LogP contribution in [0.4, 0.5) is 13.2 Å². The summed E-state index contributed by atoms with van der Waals surface area (Å²) in [5, 5.41) is 4.17. The predicted molar refractivity (Wildman–Crippen MR) is 119 cm³/mol. The summed E-state index contributed by atoms with van der Waals surface area (Å²) in [5.41, 5.74) is -2.28. The number of hydrogen-bond donors (Lipinski definition) is 0. The maximum absolute atomic E-state index is 14.1. The van der Waals surface area contributed by atoms with Crippen LogP contribution in [0.1, 0.15) is 27.9 Å². The third-order valence-electron chi connectivity index (χ3n) is 4.97. The number of nitrogens with zero attached hydrogens (tertiary/aromatic N) is 1. The van der Waals surface area contributed by atoms with Gasteiger partial charge in [-0.05, 0) is 66.2 Å². The first-order valence-electron chi connectivity index (χ1n) is 9.44. The van der Waals surface area contributed by atoms with Gasteiger partial charge in [0.05, 0.1) is 11.3 Å². The highest BCUT2D eigenvalue weighted by Crippen LogP contribution is 2.49. The number of alkyl halides is 3. The minimum absolute atomic E-state index is 0.0454. The number of rotatable bonds is 4. The molecule has 1 atom stereocenters. The minimum atomic E-state index is -4.79. The molecule has 0 fully saturated rings. The highest BCUT2D eigenvalue weighted by Gasteiger charge is 2.62. The number of halogens is 6. The van der Waals surface area contributed by atoms with Crippen LogP contribution in [0.3, 0.4) is 0 Å². The topological polar surface area (TPSA) is 47.9 Å². The predicted octanol–water partition coefficient (Wildman–Crippen LogP) is 7.45. The lowest BCUT2D eigenvalue weighted by atomic mass is 9.86. The van der Waals surface area contributed by atoms with Gasteiger partial charge in [0, 0.05) is 27.1 Å². The summed E-state index contributed by atoms with van der Waals surface area (Å²) in [5.74, 6) is -0.423. The Hall–Kier alpha value is -2.74. The summed E-state index contributed by atoms with van der Waals surface area (Å²) < 4.78 is 47.6. The number of carbonyl (C=O) groups is 1. The molecule has 33 heavy (non-hydrogen) atoms. The van der Waals surface area contributed by atoms with E-state index in [1.54, 1.807) is 18.2 Å². The Morgan fingerprint density at radius 2 is 1.61 bits per heavy atom. The molecule has 0 spiro atoms. The zero-order chi connectivity index (χ0) is 23.8. The molecule has 10 heteroatoms. The molecule has 0 aromatic heterocycles. The Bertz CT molecular complexity index is 1230. The molecule has 4 rings (SSSR count). The van der Waals surface area contributed by atoms with Crippen molar-refractivity contribution in [2.24, 2.45) is 5.16 Å². The van der Waals surface area contributed by atoms with Gasteiger partial charge in [0.2, 0.25) is 0 Å². The van der Waals surface area contributed by atoms with E-state index in [0.717, 1.165) is 12.1 Å². The van der Waals surface area contributed by atoms with Crippen LogP contribution in [0.5, 0.6) is 5.75 Å². The third-order valence-corrected chi connectivity index (χ3v) is 5.64. The van der Waals surface area contributed by atoms with Crippen molar-refractivity contribution >= 4 is 46.5 Å². The Morgan fingerprint density at radius 1 is 0.939 bits per heavy atom. The van der Waals surface area contributed by atoms with E-state index >= 15 is 0 Å². The molecule has 4 nitrogen and oxygen atoms in total. The second-order valence-electron chi connectivity index (χ2n) is 7.21. The lowest BCUT2D eigenvalue weighted by Gasteiger charge is -2.29. The van der Waals surface area contributed by atoms with Crippen molar-refractivity contribution in [2.75, 3.05) is 0 Å². The van der Waals surface area contributed by atoms with Gasteiger partial charge in [-0.2, -0.15) is 13.2 Å². The number of esters is 1. The van der Waals surface area contributed by atoms with Crippen molar-refractivity contribution in [1.82, 2.24) is 0 Å². The standard InChI is InChI=1S/C23H13Cl3F3NO3/c24-16-3-1-2-14(8-16)21(31)32-19-6-4-13(5-7-19)20-12-22(33-30-20,23(27,28)29)15-9-17(25)11-18(26)10-15/h1-11H,12H2. The first-order valence-corrected chi connectivity index (χ1v) is 10.6. The SMILES string of the molecule is O=C(Oc1ccc(C2=NOC(c3cc(Cl)cc(Cl)c3)(C(F)(F)F)C2)cc1)c1cccc(Cl)c1. The Balaban J connectivity index is 1.55. The molecule has 170 valence electrons. The van der Waals surface area contributed by atoms with Crippen LogP contribution in [0.15, 0.2) is 71.9 Å². The summed E-state index contributed by atoms with van der Waals surface area (Å²) in [4.78, 5) is 17.2. The van der Waals surface area contributed by atoms with Crippen molar-refractivity contribution in [3.63, 3.8) is 0 Å². The molecule has 1 aliphatic heterocycles. The van der Waals surface area contributed by atoms with Crippen LogP contribution in [0, 0.1) is 0 Å². The zero-order valence-corrected chi connectivity index (χ0v) is 18.8. The van der Waals surface area contributed by atoms with Gasteiger partial charge in [-0.1, -0.05) is 46.0 Å². The van der Waals surface area contributed by atoms with Crippen LogP contribution in [-0.2, 0) is 10.4 Å². The van der Waals surface area contributed by atoms with Crippen molar-refractivity contribution in [3.05, 3.63) is 98.5 Å². The zero-order valence-electron chi connectivity index (χ0n) is 16.5. The lowest BCUT2D eigenvalue weighted by Crippen LogP contribution is -2.42. The Labute approximate surface area is 201 Å². The van der Waals surface area contributed by atoms with Gasteiger partial charge in [-0.3, -0.25) is 0 Å². The van der Waals surface area contributed by atoms with E-state index in [9.17, 15) is 18.0 Å². The molecule has 3 aromatic rings. The molecule has 0 saturated heterocycles. The van der Waals surface area contributed by atoms with Crippen molar-refractivity contribution in [1.29, 1.82) is 0 Å². The average Bonchev–Trinajstić information content (AvgIpc) is 3.21. The molecule has 0 aliphatic carbocycles. The summed E-state index contributed by atoms with van der Waals surface area (Å²) in [7, 11) is 0. The lowest BCUT2D eigenvalue weighted by molar-refractivity contribution is -0.275. The molecule has 0 saturated carbocycles. The van der Waals surface area contributed by atoms with Crippen molar-refractivity contribution < 1.29 is 27.5 Å². The van der Waals surface area contributed by atoms with Gasteiger partial charge in [0.15, 0.2) is 0 Å². The molecule has 1 heterocycles. The molecule has 1 unspecified atom stereocenters. The molecule has 0 amide bonds. The molecular formula is C23H13Cl3F3NO3. The van der Waals surface area contributed by atoms with E-state index in [1.165, 1.54) is 36.4 Å². The second-order valence-corrected chi connectivity index (χ2v) is 8.52. The number of ether oxygens (including phenoxy) is 1. The van der Waals surface area contributed by atoms with Crippen molar-refractivity contribution in [2.45, 2.75) is 18.2 Å². The van der Waals surface area contributed by atoms with E-state index in [2.05, 4.69) is 5.16 Å². The van der Waals surface area contributed by atoms with Gasteiger partial charge in [0.25, 0.3) is 5.60 Å². The fraction of sp³-hybridized carbons (Fsp3) is 0.130. The number of carbonyl (C=O) groups excluding carboxylic acids is 1. The first-order chi connectivity index (χ1) is 15.6. The Morgan fingerprint density at radius 3 is 2.21 bits per heavy atom. The minimum Gasteiger partial charge on any atom is -0.423 e. The molecule has 1 aliphatic rings. The molecule has 0 radical (unpaired) electrons. The summed E-state index contributed by atoms with van der Waals surface area (Å²) in [6.07, 6.45) is -5.38. The van der Waals surface area contributed by atoms with E-state index in [4.69, 9.17) is 44.4 Å². The van der Waals surface area contributed by atoms with Gasteiger partial charge in [-0.25, -0.2) is 4.79 Å². The summed E-state index contributed by atoms with van der Waals surface area (Å²) in [6.45, 7) is 0. The highest BCUT2D eigenvalue weighted by molar-refractivity contribution is 6.34. The molecule has 3 aromatic carbocycles. The maximum atomic E-state index is 14.1. The van der Waals surface area contributed by atoms with Crippen LogP contribution >= 0.6 is 34.8 Å². The quantitative estimate of drug-likeness (QED) is 0.268. The molecule has 0 bridgehead atoms. The monoisotopic (exact) mass is 513 g/mol. The van der Waals surface area contributed by atoms with Gasteiger partial charge < -0.3 is 9.57 Å². The van der Waals surface area contributed by atoms with Gasteiger partial charge in [-0.15, -0.1) is 0 Å². The Kier molecular flexibility index (Phi) is 6.31. The van der Waals surface area contributed by atoms with Crippen LogP contribution in [-0.4, -0.2) is 17.9 Å². The fourth-order valence-electron chi connectivity index (χ4n) is 3.34. The molecular weight excluding hydrogens is 502 g/mol. The van der Waals surface area contributed by atoms with E-state index < -0.39 is 24.2 Å². The van der Waals surface area contributed by atoms with E-state index in [1.807, 2.05) is 0 Å². The number of hydrogen-bond acceptors (Lipinski definition) is 4. The van der Waals surface area contributed by atoms with Crippen LogP contribution in [0.25, 0.3) is 0 Å². The van der Waals surface area contributed by atoms with Crippen molar-refractivity contribution in [3.8, 4) is 5.75 Å². The number of oxime groups is 1. The largest absolute Gasteiger partial charge is 0.435 e. The highest BCUT2D eigenvalue weighted by atomic mass is 35.5. The smallest absolute Gasteiger partial charge is 0.423 e. The van der Waals surface area contributed by atoms with E-state index in [-0.39, 0.29) is 32.6 Å². The molecule has 0 N–H and O–H groups in total. The average molecular weight is 515 g/mol. The summed E-state index contributed by atoms with van der Waals surface area (Å²) >= 11 is 17.7. The van der Waals surface area contributed by atoms with Gasteiger partial charge >= 0.3 is 12.1 Å². The summed E-state index contributed by atoms with van der Waals surface area (Å²) in [6, 6.07) is 15.7. The van der Waals surface area contributed by atoms with E-state index in [0.29, 0.717) is 10.6 Å². The van der Waals surface area contributed by atoms with Gasteiger partial charge in [0.1, 0.15) is 5.75 Å². The second kappa shape index (κ2) is 8.89. The fourth-order valence-corrected chi connectivity index (χ4v) is 4.06. The van der Waals surface area contributed by atoms with Crippen LogP contribution < -0.4 is 4.74 Å². The normalized spacial score (nSPS) is 17.9. The first kappa shape index (κ1) is 23.4. The van der Waals surface area contributed by atoms with Crippen LogP contribution in [0.2, 0.25) is 15.1 Å². The third kappa shape index (κ3) is 4.81. The maximum Gasteiger partial charge on any atom is 0.435 e. The number of benzene rings is 3.